The molecular formula is C11H23NO2. The van der Waals surface area contributed by atoms with Crippen molar-refractivity contribution in [3.05, 3.63) is 0 Å². The highest BCUT2D eigenvalue weighted by atomic mass is 16.4. The van der Waals surface area contributed by atoms with E-state index < -0.39 is 11.4 Å². The van der Waals surface area contributed by atoms with Gasteiger partial charge in [0.15, 0.2) is 0 Å². The predicted octanol–water partition coefficient (Wildman–Crippen LogP) is 2.12. The molecule has 0 aliphatic heterocycles. The minimum Gasteiger partial charge on any atom is -0.481 e. The predicted molar refractivity (Wildman–Crippen MR) is 58.3 cm³/mol. The van der Waals surface area contributed by atoms with Crippen molar-refractivity contribution in [1.82, 2.24) is 5.32 Å². The Hall–Kier alpha value is -0.570. The van der Waals surface area contributed by atoms with Gasteiger partial charge in [-0.25, -0.2) is 0 Å². The molecule has 0 aliphatic rings. The lowest BCUT2D eigenvalue weighted by Gasteiger charge is -2.35. The van der Waals surface area contributed by atoms with Crippen LogP contribution in [0.25, 0.3) is 0 Å². The second kappa shape index (κ2) is 4.30. The van der Waals surface area contributed by atoms with Crippen molar-refractivity contribution in [1.29, 1.82) is 0 Å². The maximum Gasteiger partial charge on any atom is 0.309 e. The maximum absolute atomic E-state index is 11.0. The van der Waals surface area contributed by atoms with Crippen LogP contribution in [0.3, 0.4) is 0 Å². The van der Waals surface area contributed by atoms with Crippen LogP contribution in [0.15, 0.2) is 0 Å². The summed E-state index contributed by atoms with van der Waals surface area (Å²) in [5.41, 5.74) is -0.581. The number of hydrogen-bond donors (Lipinski definition) is 2. The van der Waals surface area contributed by atoms with Crippen LogP contribution in [-0.2, 0) is 4.79 Å². The van der Waals surface area contributed by atoms with Gasteiger partial charge in [0, 0.05) is 6.04 Å². The lowest BCUT2D eigenvalue weighted by molar-refractivity contribution is -0.147. The van der Waals surface area contributed by atoms with E-state index in [0.717, 1.165) is 0 Å². The first kappa shape index (κ1) is 13.4. The number of carbonyl (C=O) groups is 1. The number of rotatable bonds is 4. The van der Waals surface area contributed by atoms with Crippen LogP contribution < -0.4 is 5.32 Å². The molecule has 0 bridgehead atoms. The minimum atomic E-state index is -0.734. The Morgan fingerprint density at radius 1 is 1.29 bits per heavy atom. The summed E-state index contributed by atoms with van der Waals surface area (Å²) in [7, 11) is 1.88. The zero-order valence-electron chi connectivity index (χ0n) is 10.1. The molecule has 14 heavy (non-hydrogen) atoms. The van der Waals surface area contributed by atoms with Gasteiger partial charge in [-0.3, -0.25) is 4.79 Å². The van der Waals surface area contributed by atoms with Gasteiger partial charge in [-0.15, -0.1) is 0 Å². The van der Waals surface area contributed by atoms with Gasteiger partial charge in [0.1, 0.15) is 0 Å². The molecule has 3 heteroatoms. The highest BCUT2D eigenvalue weighted by molar-refractivity contribution is 5.73. The Bertz CT molecular complexity index is 204. The summed E-state index contributed by atoms with van der Waals surface area (Å²) in [6, 6.07) is 0.216. The smallest absolute Gasteiger partial charge is 0.309 e. The lowest BCUT2D eigenvalue weighted by Crippen LogP contribution is -2.43. The van der Waals surface area contributed by atoms with E-state index in [4.69, 9.17) is 5.11 Å². The van der Waals surface area contributed by atoms with Crippen molar-refractivity contribution in [2.75, 3.05) is 7.05 Å². The quantitative estimate of drug-likeness (QED) is 0.732. The molecule has 84 valence electrons. The Morgan fingerprint density at radius 3 is 1.93 bits per heavy atom. The molecule has 0 saturated heterocycles. The Kier molecular flexibility index (Phi) is 4.13. The summed E-state index contributed by atoms with van der Waals surface area (Å²) >= 11 is 0. The number of nitrogens with one attached hydrogen (secondary N) is 1. The van der Waals surface area contributed by atoms with E-state index in [9.17, 15) is 4.79 Å². The Balaban J connectivity index is 4.55. The van der Waals surface area contributed by atoms with E-state index in [0.29, 0.717) is 6.42 Å². The molecule has 0 aromatic carbocycles. The van der Waals surface area contributed by atoms with Gasteiger partial charge in [-0.2, -0.15) is 0 Å². The van der Waals surface area contributed by atoms with Gasteiger partial charge < -0.3 is 10.4 Å². The Morgan fingerprint density at radius 2 is 1.71 bits per heavy atom. The van der Waals surface area contributed by atoms with Crippen LogP contribution in [0.4, 0.5) is 0 Å². The monoisotopic (exact) mass is 201 g/mol. The average molecular weight is 201 g/mol. The molecule has 0 heterocycles. The molecule has 2 N–H and O–H groups in total. The molecule has 0 saturated carbocycles. The molecule has 0 spiro atoms. The molecule has 0 radical (unpaired) electrons. The summed E-state index contributed by atoms with van der Waals surface area (Å²) in [6.45, 7) is 9.89. The third-order valence-corrected chi connectivity index (χ3v) is 2.69. The number of aliphatic carboxylic acids is 1. The normalized spacial score (nSPS) is 15.3. The van der Waals surface area contributed by atoms with Gasteiger partial charge in [0.25, 0.3) is 0 Å². The SMILES string of the molecule is CNC(CC(C)(C)C(=O)O)C(C)(C)C. The fourth-order valence-electron chi connectivity index (χ4n) is 1.44. The zero-order valence-corrected chi connectivity index (χ0v) is 10.1. The number of hydrogen-bond acceptors (Lipinski definition) is 2. The summed E-state index contributed by atoms with van der Waals surface area (Å²) in [6.07, 6.45) is 0.641. The Labute approximate surface area is 86.9 Å². The van der Waals surface area contributed by atoms with Gasteiger partial charge in [0.2, 0.25) is 0 Å². The van der Waals surface area contributed by atoms with Crippen molar-refractivity contribution < 1.29 is 9.90 Å². The minimum absolute atomic E-state index is 0.0848. The fraction of sp³-hybridized carbons (Fsp3) is 0.909. The molecule has 1 unspecified atom stereocenters. The standard InChI is InChI=1S/C11H23NO2/c1-10(2,3)8(12-6)7-11(4,5)9(13)14/h8,12H,7H2,1-6H3,(H,13,14). The first-order valence-electron chi connectivity index (χ1n) is 5.02. The molecular weight excluding hydrogens is 178 g/mol. The molecule has 3 nitrogen and oxygen atoms in total. The highest BCUT2D eigenvalue weighted by Crippen LogP contribution is 2.30. The topological polar surface area (TPSA) is 49.3 Å². The van der Waals surface area contributed by atoms with E-state index in [1.54, 1.807) is 13.8 Å². The number of carboxylic acids is 1. The van der Waals surface area contributed by atoms with Gasteiger partial charge >= 0.3 is 5.97 Å². The van der Waals surface area contributed by atoms with Crippen molar-refractivity contribution in [3.8, 4) is 0 Å². The second-order valence-corrected chi connectivity index (χ2v) is 5.60. The van der Waals surface area contributed by atoms with Crippen molar-refractivity contribution in [2.24, 2.45) is 10.8 Å². The lowest BCUT2D eigenvalue weighted by atomic mass is 9.76. The first-order valence-corrected chi connectivity index (χ1v) is 5.02. The van der Waals surface area contributed by atoms with E-state index in [-0.39, 0.29) is 11.5 Å². The average Bonchev–Trinajstić information content (AvgIpc) is 1.97. The molecule has 0 aromatic heterocycles. The van der Waals surface area contributed by atoms with E-state index >= 15 is 0 Å². The summed E-state index contributed by atoms with van der Waals surface area (Å²) in [5.74, 6) is -0.734. The summed E-state index contributed by atoms with van der Waals surface area (Å²) in [4.78, 5) is 11.0. The van der Waals surface area contributed by atoms with Crippen LogP contribution in [0.2, 0.25) is 0 Å². The van der Waals surface area contributed by atoms with E-state index in [2.05, 4.69) is 26.1 Å². The molecule has 0 fully saturated rings. The zero-order chi connectivity index (χ0) is 11.6. The van der Waals surface area contributed by atoms with E-state index in [1.165, 1.54) is 0 Å². The first-order chi connectivity index (χ1) is 6.11. The van der Waals surface area contributed by atoms with E-state index in [1.807, 2.05) is 7.05 Å². The van der Waals surface area contributed by atoms with Gasteiger partial charge in [0.05, 0.1) is 5.41 Å². The van der Waals surface area contributed by atoms with Crippen LogP contribution in [-0.4, -0.2) is 24.2 Å². The van der Waals surface area contributed by atoms with Gasteiger partial charge in [-0.1, -0.05) is 20.8 Å². The largest absolute Gasteiger partial charge is 0.481 e. The number of carboxylic acid groups (broad SMARTS) is 1. The van der Waals surface area contributed by atoms with Crippen LogP contribution in [0.5, 0.6) is 0 Å². The maximum atomic E-state index is 11.0. The van der Waals surface area contributed by atoms with Crippen LogP contribution in [0.1, 0.15) is 41.0 Å². The van der Waals surface area contributed by atoms with Gasteiger partial charge in [-0.05, 0) is 32.7 Å². The van der Waals surface area contributed by atoms with Crippen LogP contribution in [0, 0.1) is 10.8 Å². The highest BCUT2D eigenvalue weighted by Gasteiger charge is 2.34. The summed E-state index contributed by atoms with van der Waals surface area (Å²) < 4.78 is 0. The van der Waals surface area contributed by atoms with Crippen molar-refractivity contribution in [3.63, 3.8) is 0 Å². The summed E-state index contributed by atoms with van der Waals surface area (Å²) in [5, 5.41) is 12.2. The molecule has 0 rings (SSSR count). The van der Waals surface area contributed by atoms with Crippen LogP contribution >= 0.6 is 0 Å². The third kappa shape index (κ3) is 3.66. The van der Waals surface area contributed by atoms with Crippen molar-refractivity contribution >= 4 is 5.97 Å². The van der Waals surface area contributed by atoms with Crippen molar-refractivity contribution in [2.45, 2.75) is 47.1 Å². The molecule has 0 amide bonds. The molecule has 1 atom stereocenters. The molecule has 0 aromatic rings. The third-order valence-electron chi connectivity index (χ3n) is 2.69. The molecule has 0 aliphatic carbocycles. The second-order valence-electron chi connectivity index (χ2n) is 5.60. The fourth-order valence-corrected chi connectivity index (χ4v) is 1.44.